The maximum atomic E-state index is 12.1. The van der Waals surface area contributed by atoms with Crippen LogP contribution in [0.4, 0.5) is 0 Å². The van der Waals surface area contributed by atoms with Gasteiger partial charge in [0.25, 0.3) is 0 Å². The van der Waals surface area contributed by atoms with Crippen molar-refractivity contribution in [1.82, 2.24) is 9.88 Å². The second kappa shape index (κ2) is 7.14. The second-order valence-electron chi connectivity index (χ2n) is 4.30. The Bertz CT molecular complexity index is 356. The SMILES string of the molecule is C[C@@H]1CC[CH-]CN1C(=O)Cc1cccnc1.[Na+]. The maximum Gasteiger partial charge on any atom is 1.00 e. The number of hydrogen-bond donors (Lipinski definition) is 0. The zero-order valence-electron chi connectivity index (χ0n) is 10.6. The molecule has 0 N–H and O–H groups in total. The van der Waals surface area contributed by atoms with Crippen molar-refractivity contribution in [2.75, 3.05) is 6.54 Å². The Labute approximate surface area is 125 Å². The molecule has 17 heavy (non-hydrogen) atoms. The van der Waals surface area contributed by atoms with Gasteiger partial charge >= 0.3 is 29.6 Å². The van der Waals surface area contributed by atoms with E-state index < -0.39 is 0 Å². The van der Waals surface area contributed by atoms with Crippen LogP contribution < -0.4 is 29.6 Å². The molecule has 0 aromatic carbocycles. The first-order chi connectivity index (χ1) is 7.77. The quantitative estimate of drug-likeness (QED) is 0.483. The first-order valence-electron chi connectivity index (χ1n) is 5.77. The Hall–Kier alpha value is -0.380. The summed E-state index contributed by atoms with van der Waals surface area (Å²) in [6.45, 7) is 2.91. The monoisotopic (exact) mass is 240 g/mol. The largest absolute Gasteiger partial charge is 1.00 e. The summed E-state index contributed by atoms with van der Waals surface area (Å²) < 4.78 is 0. The van der Waals surface area contributed by atoms with Crippen molar-refractivity contribution in [2.24, 2.45) is 0 Å². The van der Waals surface area contributed by atoms with Gasteiger partial charge in [-0.25, -0.2) is 0 Å². The van der Waals surface area contributed by atoms with Crippen LogP contribution in [-0.2, 0) is 11.2 Å². The van der Waals surface area contributed by atoms with E-state index in [1.807, 2.05) is 17.0 Å². The Balaban J connectivity index is 0.00000144. The molecule has 2 rings (SSSR count). The molecule has 0 spiro atoms. The summed E-state index contributed by atoms with van der Waals surface area (Å²) in [5.41, 5.74) is 0.991. The third-order valence-corrected chi connectivity index (χ3v) is 3.04. The van der Waals surface area contributed by atoms with Gasteiger partial charge in [-0.05, 0) is 18.6 Å². The van der Waals surface area contributed by atoms with E-state index in [1.54, 1.807) is 12.4 Å². The van der Waals surface area contributed by atoms with Gasteiger partial charge in [0, 0.05) is 18.4 Å². The fourth-order valence-electron chi connectivity index (χ4n) is 2.05. The molecule has 1 atom stereocenters. The molecule has 1 aromatic rings. The number of aromatic nitrogens is 1. The van der Waals surface area contributed by atoms with Gasteiger partial charge < -0.3 is 11.3 Å². The van der Waals surface area contributed by atoms with Crippen LogP contribution in [0.3, 0.4) is 0 Å². The maximum absolute atomic E-state index is 12.1. The van der Waals surface area contributed by atoms with Crippen molar-refractivity contribution < 1.29 is 34.4 Å². The average Bonchev–Trinajstić information content (AvgIpc) is 2.31. The number of hydrogen-bond acceptors (Lipinski definition) is 2. The number of nitrogens with zero attached hydrogens (tertiary/aromatic N) is 2. The van der Waals surface area contributed by atoms with Crippen molar-refractivity contribution in [3.8, 4) is 0 Å². The standard InChI is InChI=1S/C13H17N2O.Na/c1-11-5-2-3-8-15(11)13(16)9-12-6-4-7-14-10-12;/h3-4,6-7,10-11H,2,5,8-9H2,1H3;/q-1;+1/t11-;/m1./s1. The van der Waals surface area contributed by atoms with Crippen molar-refractivity contribution in [1.29, 1.82) is 0 Å². The van der Waals surface area contributed by atoms with E-state index in [-0.39, 0.29) is 35.5 Å². The van der Waals surface area contributed by atoms with E-state index in [0.717, 1.165) is 24.9 Å². The van der Waals surface area contributed by atoms with E-state index in [1.165, 1.54) is 0 Å². The Kier molecular flexibility index (Phi) is 6.17. The minimum atomic E-state index is 0. The van der Waals surface area contributed by atoms with Crippen LogP contribution in [-0.4, -0.2) is 28.4 Å². The normalized spacial score (nSPS) is 19.6. The molecular formula is C13H17N2NaO. The molecule has 0 saturated carbocycles. The van der Waals surface area contributed by atoms with E-state index in [4.69, 9.17) is 0 Å². The van der Waals surface area contributed by atoms with Gasteiger partial charge in [0.2, 0.25) is 5.91 Å². The number of carbonyl (C=O) groups is 1. The molecule has 1 aliphatic rings. The molecule has 1 amide bonds. The summed E-state index contributed by atoms with van der Waals surface area (Å²) in [5, 5.41) is 0. The molecule has 0 aliphatic carbocycles. The number of carbonyl (C=O) groups excluding carboxylic acids is 1. The van der Waals surface area contributed by atoms with Crippen molar-refractivity contribution in [3.05, 3.63) is 36.5 Å². The molecule has 0 bridgehead atoms. The molecule has 1 fully saturated rings. The summed E-state index contributed by atoms with van der Waals surface area (Å²) in [6, 6.07) is 4.19. The van der Waals surface area contributed by atoms with Crippen LogP contribution >= 0.6 is 0 Å². The summed E-state index contributed by atoms with van der Waals surface area (Å²) in [5.74, 6) is 0.205. The smallest absolute Gasteiger partial charge is 0.370 e. The molecule has 3 nitrogen and oxygen atoms in total. The van der Waals surface area contributed by atoms with Crippen LogP contribution in [0.25, 0.3) is 0 Å². The van der Waals surface area contributed by atoms with Gasteiger partial charge in [0.05, 0.1) is 6.42 Å². The zero-order chi connectivity index (χ0) is 11.4. The Morgan fingerprint density at radius 1 is 1.65 bits per heavy atom. The van der Waals surface area contributed by atoms with Crippen molar-refractivity contribution in [3.63, 3.8) is 0 Å². The minimum absolute atomic E-state index is 0. The van der Waals surface area contributed by atoms with Crippen molar-refractivity contribution in [2.45, 2.75) is 32.2 Å². The van der Waals surface area contributed by atoms with E-state index in [9.17, 15) is 4.79 Å². The zero-order valence-corrected chi connectivity index (χ0v) is 12.6. The van der Waals surface area contributed by atoms with Crippen LogP contribution in [0.2, 0.25) is 0 Å². The molecule has 1 saturated heterocycles. The number of rotatable bonds is 2. The molecule has 0 radical (unpaired) electrons. The third kappa shape index (κ3) is 4.09. The minimum Gasteiger partial charge on any atom is -0.370 e. The van der Waals surface area contributed by atoms with Crippen LogP contribution in [0.1, 0.15) is 25.3 Å². The molecular weight excluding hydrogens is 223 g/mol. The van der Waals surface area contributed by atoms with Gasteiger partial charge in [0.1, 0.15) is 0 Å². The number of likely N-dealkylation sites (tertiary alicyclic amines) is 1. The van der Waals surface area contributed by atoms with Gasteiger partial charge in [-0.2, -0.15) is 6.42 Å². The summed E-state index contributed by atoms with van der Waals surface area (Å²) in [6.07, 6.45) is 8.34. The Morgan fingerprint density at radius 2 is 2.47 bits per heavy atom. The summed E-state index contributed by atoms with van der Waals surface area (Å²) in [7, 11) is 0. The molecule has 2 heterocycles. The van der Waals surface area contributed by atoms with E-state index in [0.29, 0.717) is 12.5 Å². The first kappa shape index (κ1) is 14.7. The van der Waals surface area contributed by atoms with Crippen LogP contribution in [0.5, 0.6) is 0 Å². The van der Waals surface area contributed by atoms with Crippen LogP contribution in [0, 0.1) is 6.42 Å². The summed E-state index contributed by atoms with van der Waals surface area (Å²) >= 11 is 0. The predicted molar refractivity (Wildman–Crippen MR) is 62.7 cm³/mol. The molecule has 86 valence electrons. The number of piperidine rings is 1. The Morgan fingerprint density at radius 3 is 3.12 bits per heavy atom. The third-order valence-electron chi connectivity index (χ3n) is 3.04. The molecule has 4 heteroatoms. The van der Waals surface area contributed by atoms with E-state index in [2.05, 4.69) is 18.3 Å². The number of amides is 1. The molecule has 1 aliphatic heterocycles. The van der Waals surface area contributed by atoms with Gasteiger partial charge in [-0.15, -0.1) is 6.54 Å². The van der Waals surface area contributed by atoms with Crippen LogP contribution in [0.15, 0.2) is 24.5 Å². The first-order valence-corrected chi connectivity index (χ1v) is 5.77. The van der Waals surface area contributed by atoms with Gasteiger partial charge in [0.15, 0.2) is 0 Å². The summed E-state index contributed by atoms with van der Waals surface area (Å²) in [4.78, 5) is 18.0. The number of pyridine rings is 1. The van der Waals surface area contributed by atoms with E-state index >= 15 is 0 Å². The topological polar surface area (TPSA) is 33.2 Å². The fourth-order valence-corrected chi connectivity index (χ4v) is 2.05. The van der Waals surface area contributed by atoms with Crippen molar-refractivity contribution >= 4 is 5.91 Å². The average molecular weight is 240 g/mol. The second-order valence-corrected chi connectivity index (χ2v) is 4.30. The van der Waals surface area contributed by atoms with Gasteiger partial charge in [-0.1, -0.05) is 12.5 Å². The molecule has 0 unspecified atom stereocenters. The molecule has 1 aromatic heterocycles. The fraction of sp³-hybridized carbons (Fsp3) is 0.462. The predicted octanol–water partition coefficient (Wildman–Crippen LogP) is -1.16. The van der Waals surface area contributed by atoms with Gasteiger partial charge in [-0.3, -0.25) is 9.78 Å².